The fraction of sp³-hybridized carbons (Fsp3) is 0.480. The highest BCUT2D eigenvalue weighted by Crippen LogP contribution is 2.33. The SMILES string of the molecule is COc1cc2c(cc1OC)CN(CCCCNC(=O)c1cc(Br)ccc1OCCOS(C)(=O)=O)CC2. The molecule has 1 aliphatic heterocycles. The highest BCUT2D eigenvalue weighted by Gasteiger charge is 2.19. The molecule has 0 aliphatic carbocycles. The quantitative estimate of drug-likeness (QED) is 0.282. The summed E-state index contributed by atoms with van der Waals surface area (Å²) < 4.78 is 44.0. The Morgan fingerprint density at radius 3 is 2.44 bits per heavy atom. The molecule has 9 nitrogen and oxygen atoms in total. The normalized spacial score (nSPS) is 13.7. The second kappa shape index (κ2) is 13.3. The molecule has 198 valence electrons. The zero-order valence-corrected chi connectivity index (χ0v) is 23.2. The first-order valence-electron chi connectivity index (χ1n) is 11.7. The minimum absolute atomic E-state index is 0.00655. The van der Waals surface area contributed by atoms with Gasteiger partial charge in [-0.2, -0.15) is 8.42 Å². The summed E-state index contributed by atoms with van der Waals surface area (Å²) >= 11 is 3.38. The molecule has 0 bridgehead atoms. The van der Waals surface area contributed by atoms with E-state index in [4.69, 9.17) is 14.2 Å². The van der Waals surface area contributed by atoms with Crippen LogP contribution < -0.4 is 19.5 Å². The van der Waals surface area contributed by atoms with E-state index < -0.39 is 10.1 Å². The van der Waals surface area contributed by atoms with Crippen molar-refractivity contribution < 1.29 is 31.6 Å². The lowest BCUT2D eigenvalue weighted by atomic mass is 9.98. The van der Waals surface area contributed by atoms with E-state index in [2.05, 4.69) is 42.5 Å². The van der Waals surface area contributed by atoms with Gasteiger partial charge in [-0.15, -0.1) is 0 Å². The number of fused-ring (bicyclic) bond motifs is 1. The maximum Gasteiger partial charge on any atom is 0.264 e. The van der Waals surface area contributed by atoms with Crippen molar-refractivity contribution in [1.82, 2.24) is 10.2 Å². The van der Waals surface area contributed by atoms with E-state index in [0.717, 1.165) is 61.1 Å². The van der Waals surface area contributed by atoms with E-state index in [1.165, 1.54) is 11.1 Å². The van der Waals surface area contributed by atoms with Crippen molar-refractivity contribution in [3.8, 4) is 17.2 Å². The van der Waals surface area contributed by atoms with Gasteiger partial charge in [0.05, 0.1) is 26.0 Å². The lowest BCUT2D eigenvalue weighted by molar-refractivity contribution is 0.0947. The van der Waals surface area contributed by atoms with E-state index >= 15 is 0 Å². The van der Waals surface area contributed by atoms with Crippen LogP contribution in [0.2, 0.25) is 0 Å². The number of unbranched alkanes of at least 4 members (excludes halogenated alkanes) is 1. The Kier molecular flexibility index (Phi) is 10.4. The van der Waals surface area contributed by atoms with Gasteiger partial charge >= 0.3 is 0 Å². The van der Waals surface area contributed by atoms with Gasteiger partial charge in [0.1, 0.15) is 19.0 Å². The summed E-state index contributed by atoms with van der Waals surface area (Å²) in [6.07, 6.45) is 3.73. The van der Waals surface area contributed by atoms with Crippen LogP contribution in [0, 0.1) is 0 Å². The first-order valence-corrected chi connectivity index (χ1v) is 14.3. The minimum Gasteiger partial charge on any atom is -0.493 e. The second-order valence-electron chi connectivity index (χ2n) is 8.48. The summed E-state index contributed by atoms with van der Waals surface area (Å²) in [6, 6.07) is 9.23. The topological polar surface area (TPSA) is 103 Å². The molecule has 2 aromatic carbocycles. The average molecular weight is 586 g/mol. The minimum atomic E-state index is -3.54. The van der Waals surface area contributed by atoms with Gasteiger partial charge in [-0.1, -0.05) is 15.9 Å². The molecule has 0 atom stereocenters. The summed E-state index contributed by atoms with van der Waals surface area (Å²) in [6.45, 7) is 3.21. The van der Waals surface area contributed by atoms with Crippen LogP contribution >= 0.6 is 15.9 Å². The summed E-state index contributed by atoms with van der Waals surface area (Å²) in [5.41, 5.74) is 2.93. The van der Waals surface area contributed by atoms with Gasteiger partial charge in [0.2, 0.25) is 0 Å². The van der Waals surface area contributed by atoms with Crippen molar-refractivity contribution in [3.05, 3.63) is 51.5 Å². The molecule has 0 saturated heterocycles. The molecule has 0 saturated carbocycles. The fourth-order valence-electron chi connectivity index (χ4n) is 4.03. The molecule has 1 N–H and O–H groups in total. The molecule has 2 aromatic rings. The molecule has 11 heteroatoms. The Balaban J connectivity index is 1.44. The maximum atomic E-state index is 12.8. The molecule has 0 unspecified atom stereocenters. The molecule has 1 amide bonds. The lowest BCUT2D eigenvalue weighted by Gasteiger charge is -2.29. The third kappa shape index (κ3) is 8.36. The number of carbonyl (C=O) groups is 1. The van der Waals surface area contributed by atoms with Crippen LogP contribution in [-0.4, -0.2) is 72.5 Å². The third-order valence-electron chi connectivity index (χ3n) is 5.81. The summed E-state index contributed by atoms with van der Waals surface area (Å²) in [7, 11) is -0.238. The first kappa shape index (κ1) is 28.2. The number of rotatable bonds is 13. The number of hydrogen-bond acceptors (Lipinski definition) is 8. The number of hydrogen-bond donors (Lipinski definition) is 1. The summed E-state index contributed by atoms with van der Waals surface area (Å²) in [4.78, 5) is 15.2. The number of ether oxygens (including phenoxy) is 3. The molecular weight excluding hydrogens is 552 g/mol. The molecular formula is C25H33BrN2O7S. The van der Waals surface area contributed by atoms with Crippen LogP contribution in [0.25, 0.3) is 0 Å². The zero-order valence-electron chi connectivity index (χ0n) is 20.8. The highest BCUT2D eigenvalue weighted by molar-refractivity contribution is 9.10. The van der Waals surface area contributed by atoms with Crippen molar-refractivity contribution in [2.45, 2.75) is 25.8 Å². The molecule has 0 fully saturated rings. The molecule has 1 aliphatic rings. The van der Waals surface area contributed by atoms with E-state index in [9.17, 15) is 13.2 Å². The fourth-order valence-corrected chi connectivity index (χ4v) is 4.76. The van der Waals surface area contributed by atoms with Crippen molar-refractivity contribution >= 4 is 32.0 Å². The second-order valence-corrected chi connectivity index (χ2v) is 11.0. The molecule has 1 heterocycles. The number of halogens is 1. The van der Waals surface area contributed by atoms with E-state index in [-0.39, 0.29) is 19.1 Å². The molecule has 0 aromatic heterocycles. The van der Waals surface area contributed by atoms with Gasteiger partial charge in [0, 0.05) is 24.1 Å². The Morgan fingerprint density at radius 2 is 1.75 bits per heavy atom. The zero-order chi connectivity index (χ0) is 26.1. The van der Waals surface area contributed by atoms with Gasteiger partial charge in [-0.25, -0.2) is 0 Å². The van der Waals surface area contributed by atoms with Gasteiger partial charge in [0.15, 0.2) is 11.5 Å². The highest BCUT2D eigenvalue weighted by atomic mass is 79.9. The van der Waals surface area contributed by atoms with E-state index in [0.29, 0.717) is 17.9 Å². The monoisotopic (exact) mass is 584 g/mol. The number of benzene rings is 2. The standard InChI is InChI=1S/C25H33BrN2O7S/c1-32-23-14-18-8-11-28(17-19(18)15-24(23)33-2)10-5-4-9-27-25(29)21-16-20(26)6-7-22(21)34-12-13-35-36(3,30)31/h6-7,14-16H,4-5,8-13,17H2,1-3H3,(H,27,29). The van der Waals surface area contributed by atoms with Gasteiger partial charge < -0.3 is 19.5 Å². The predicted molar refractivity (Wildman–Crippen MR) is 141 cm³/mol. The van der Waals surface area contributed by atoms with Gasteiger partial charge in [-0.05, 0) is 67.3 Å². The molecule has 0 radical (unpaired) electrons. The van der Waals surface area contributed by atoms with Crippen molar-refractivity contribution in [3.63, 3.8) is 0 Å². The van der Waals surface area contributed by atoms with Crippen molar-refractivity contribution in [2.75, 3.05) is 53.3 Å². The summed E-state index contributed by atoms with van der Waals surface area (Å²) in [5, 5.41) is 2.95. The smallest absolute Gasteiger partial charge is 0.264 e. The molecule has 3 rings (SSSR count). The lowest BCUT2D eigenvalue weighted by Crippen LogP contribution is -2.32. The summed E-state index contributed by atoms with van der Waals surface area (Å²) in [5.74, 6) is 1.64. The first-order chi connectivity index (χ1) is 17.2. The Labute approximate surface area is 221 Å². The number of amides is 1. The van der Waals surface area contributed by atoms with Gasteiger partial charge in [-0.3, -0.25) is 13.9 Å². The number of nitrogens with zero attached hydrogens (tertiary/aromatic N) is 1. The van der Waals surface area contributed by atoms with Crippen LogP contribution in [0.15, 0.2) is 34.8 Å². The van der Waals surface area contributed by atoms with Crippen LogP contribution in [0.4, 0.5) is 0 Å². The Bertz CT molecular complexity index is 1160. The van der Waals surface area contributed by atoms with E-state index in [1.807, 2.05) is 0 Å². The van der Waals surface area contributed by atoms with Crippen LogP contribution in [0.1, 0.15) is 34.3 Å². The van der Waals surface area contributed by atoms with Crippen LogP contribution in [0.3, 0.4) is 0 Å². The van der Waals surface area contributed by atoms with Gasteiger partial charge in [0.25, 0.3) is 16.0 Å². The van der Waals surface area contributed by atoms with E-state index in [1.54, 1.807) is 32.4 Å². The Hall–Kier alpha value is -2.34. The number of methoxy groups -OCH3 is 2. The largest absolute Gasteiger partial charge is 0.493 e. The molecule has 36 heavy (non-hydrogen) atoms. The Morgan fingerprint density at radius 1 is 1.03 bits per heavy atom. The molecule has 0 spiro atoms. The number of nitrogens with one attached hydrogen (secondary N) is 1. The van der Waals surface area contributed by atoms with Crippen LogP contribution in [0.5, 0.6) is 17.2 Å². The van der Waals surface area contributed by atoms with Crippen LogP contribution in [-0.2, 0) is 27.3 Å². The van der Waals surface area contributed by atoms with Crippen molar-refractivity contribution in [1.29, 1.82) is 0 Å². The predicted octanol–water partition coefficient (Wildman–Crippen LogP) is 3.39. The third-order valence-corrected chi connectivity index (χ3v) is 6.90. The average Bonchev–Trinajstić information content (AvgIpc) is 2.85. The van der Waals surface area contributed by atoms with Crippen molar-refractivity contribution in [2.24, 2.45) is 0 Å². The number of carbonyl (C=O) groups excluding carboxylic acids is 1. The maximum absolute atomic E-state index is 12.8.